The summed E-state index contributed by atoms with van der Waals surface area (Å²) < 4.78 is 17.1. The first-order valence-corrected chi connectivity index (χ1v) is 5.14. The van der Waals surface area contributed by atoms with Gasteiger partial charge in [0.25, 0.3) is 0 Å². The van der Waals surface area contributed by atoms with Gasteiger partial charge in [-0.25, -0.2) is 4.39 Å². The standard InChI is InChI=1S/C12H11FO3/c13-10-5-2-8(3-6-10)1-4-9-7-11(14)16-12(9)15/h2-3,5-6,9H,1,4,7H2. The number of carbonyl (C=O) groups is 2. The molecule has 1 aromatic rings. The van der Waals surface area contributed by atoms with Crippen molar-refractivity contribution >= 4 is 11.9 Å². The number of rotatable bonds is 3. The fraction of sp³-hybridized carbons (Fsp3) is 0.333. The minimum Gasteiger partial charge on any atom is -0.393 e. The maximum absolute atomic E-state index is 12.6. The van der Waals surface area contributed by atoms with Crippen LogP contribution >= 0.6 is 0 Å². The van der Waals surface area contributed by atoms with Gasteiger partial charge >= 0.3 is 11.9 Å². The molecule has 0 aromatic heterocycles. The van der Waals surface area contributed by atoms with Crippen LogP contribution in [0.5, 0.6) is 0 Å². The Morgan fingerprint density at radius 2 is 1.94 bits per heavy atom. The van der Waals surface area contributed by atoms with Gasteiger partial charge in [0.1, 0.15) is 5.82 Å². The van der Waals surface area contributed by atoms with Crippen molar-refractivity contribution in [2.45, 2.75) is 19.3 Å². The van der Waals surface area contributed by atoms with E-state index in [1.807, 2.05) is 0 Å². The zero-order valence-electron chi connectivity index (χ0n) is 8.61. The highest BCUT2D eigenvalue weighted by Crippen LogP contribution is 2.21. The van der Waals surface area contributed by atoms with Gasteiger partial charge in [0, 0.05) is 0 Å². The molecule has 1 atom stereocenters. The number of cyclic esters (lactones) is 2. The molecular formula is C12H11FO3. The number of halogens is 1. The van der Waals surface area contributed by atoms with Crippen molar-refractivity contribution in [3.05, 3.63) is 35.6 Å². The number of hydrogen-bond donors (Lipinski definition) is 0. The van der Waals surface area contributed by atoms with Gasteiger partial charge in [-0.3, -0.25) is 9.59 Å². The molecule has 4 heteroatoms. The molecule has 2 rings (SSSR count). The topological polar surface area (TPSA) is 43.4 Å². The van der Waals surface area contributed by atoms with Gasteiger partial charge in [0.05, 0.1) is 12.3 Å². The first-order chi connectivity index (χ1) is 7.65. The van der Waals surface area contributed by atoms with Crippen LogP contribution in [0.1, 0.15) is 18.4 Å². The molecule has 0 spiro atoms. The first-order valence-electron chi connectivity index (χ1n) is 5.14. The van der Waals surface area contributed by atoms with Crippen LogP contribution in [-0.2, 0) is 20.7 Å². The van der Waals surface area contributed by atoms with Crippen LogP contribution in [0.15, 0.2) is 24.3 Å². The third-order valence-corrected chi connectivity index (χ3v) is 2.66. The van der Waals surface area contributed by atoms with E-state index in [1.54, 1.807) is 12.1 Å². The van der Waals surface area contributed by atoms with Crippen molar-refractivity contribution in [3.63, 3.8) is 0 Å². The van der Waals surface area contributed by atoms with Crippen molar-refractivity contribution in [1.29, 1.82) is 0 Å². The fourth-order valence-corrected chi connectivity index (χ4v) is 1.73. The monoisotopic (exact) mass is 222 g/mol. The Morgan fingerprint density at radius 3 is 2.50 bits per heavy atom. The van der Waals surface area contributed by atoms with Crippen molar-refractivity contribution in [1.82, 2.24) is 0 Å². The van der Waals surface area contributed by atoms with E-state index in [0.29, 0.717) is 12.8 Å². The van der Waals surface area contributed by atoms with Gasteiger partial charge in [-0.15, -0.1) is 0 Å². The fourth-order valence-electron chi connectivity index (χ4n) is 1.73. The van der Waals surface area contributed by atoms with E-state index in [-0.39, 0.29) is 18.2 Å². The smallest absolute Gasteiger partial charge is 0.317 e. The second kappa shape index (κ2) is 4.43. The molecule has 1 unspecified atom stereocenters. The molecule has 0 N–H and O–H groups in total. The van der Waals surface area contributed by atoms with Crippen LogP contribution in [0.4, 0.5) is 4.39 Å². The van der Waals surface area contributed by atoms with Gasteiger partial charge in [0.15, 0.2) is 0 Å². The van der Waals surface area contributed by atoms with Gasteiger partial charge < -0.3 is 4.74 Å². The quantitative estimate of drug-likeness (QED) is 0.579. The number of benzene rings is 1. The lowest BCUT2D eigenvalue weighted by Crippen LogP contribution is -2.08. The summed E-state index contributed by atoms with van der Waals surface area (Å²) in [6, 6.07) is 6.12. The lowest BCUT2D eigenvalue weighted by Gasteiger charge is -2.04. The summed E-state index contributed by atoms with van der Waals surface area (Å²) in [5.41, 5.74) is 0.952. The van der Waals surface area contributed by atoms with E-state index in [2.05, 4.69) is 4.74 Å². The SMILES string of the molecule is O=C1CC(CCc2ccc(F)cc2)C(=O)O1. The van der Waals surface area contributed by atoms with E-state index >= 15 is 0 Å². The number of ether oxygens (including phenoxy) is 1. The molecule has 3 nitrogen and oxygen atoms in total. The number of carbonyl (C=O) groups excluding carboxylic acids is 2. The summed E-state index contributed by atoms with van der Waals surface area (Å²) in [4.78, 5) is 22.0. The molecule has 1 fully saturated rings. The maximum Gasteiger partial charge on any atom is 0.317 e. The Bertz CT molecular complexity index is 411. The average molecular weight is 222 g/mol. The van der Waals surface area contributed by atoms with Crippen LogP contribution < -0.4 is 0 Å². The lowest BCUT2D eigenvalue weighted by molar-refractivity contribution is -0.153. The molecule has 84 valence electrons. The number of hydrogen-bond acceptors (Lipinski definition) is 3. The molecule has 0 aliphatic carbocycles. The molecule has 0 amide bonds. The second-order valence-corrected chi connectivity index (χ2v) is 3.86. The Hall–Kier alpha value is -1.71. The van der Waals surface area contributed by atoms with E-state index in [9.17, 15) is 14.0 Å². The molecule has 0 radical (unpaired) electrons. The summed E-state index contributed by atoms with van der Waals surface area (Å²) >= 11 is 0. The Morgan fingerprint density at radius 1 is 1.25 bits per heavy atom. The summed E-state index contributed by atoms with van der Waals surface area (Å²) in [6.07, 6.45) is 1.38. The molecule has 16 heavy (non-hydrogen) atoms. The summed E-state index contributed by atoms with van der Waals surface area (Å²) in [7, 11) is 0. The normalized spacial score (nSPS) is 19.9. The minimum absolute atomic E-state index is 0.167. The van der Waals surface area contributed by atoms with Crippen LogP contribution in [0.3, 0.4) is 0 Å². The van der Waals surface area contributed by atoms with Crippen molar-refractivity contribution in [2.75, 3.05) is 0 Å². The maximum atomic E-state index is 12.6. The Labute approximate surface area is 92.2 Å². The van der Waals surface area contributed by atoms with Gasteiger partial charge in [-0.1, -0.05) is 12.1 Å². The summed E-state index contributed by atoms with van der Waals surface area (Å²) in [6.45, 7) is 0. The molecule has 1 heterocycles. The first kappa shape index (κ1) is 10.8. The molecule has 1 aliphatic heterocycles. The third kappa shape index (κ3) is 2.45. The zero-order chi connectivity index (χ0) is 11.5. The summed E-state index contributed by atoms with van der Waals surface area (Å²) in [5, 5.41) is 0. The van der Waals surface area contributed by atoms with Gasteiger partial charge in [-0.2, -0.15) is 0 Å². The van der Waals surface area contributed by atoms with Crippen molar-refractivity contribution in [2.24, 2.45) is 5.92 Å². The molecule has 1 aliphatic rings. The predicted molar refractivity (Wildman–Crippen MR) is 53.9 cm³/mol. The molecule has 0 bridgehead atoms. The van der Waals surface area contributed by atoms with Gasteiger partial charge in [0.2, 0.25) is 0 Å². The highest BCUT2D eigenvalue weighted by Gasteiger charge is 2.32. The number of esters is 2. The molecule has 1 saturated heterocycles. The molecule has 1 aromatic carbocycles. The Balaban J connectivity index is 1.90. The van der Waals surface area contributed by atoms with Crippen LogP contribution in [0.2, 0.25) is 0 Å². The van der Waals surface area contributed by atoms with Crippen LogP contribution in [-0.4, -0.2) is 11.9 Å². The Kier molecular flexibility index (Phi) is 2.99. The highest BCUT2D eigenvalue weighted by atomic mass is 19.1. The molecule has 0 saturated carbocycles. The zero-order valence-corrected chi connectivity index (χ0v) is 8.61. The number of aryl methyl sites for hydroxylation is 1. The van der Waals surface area contributed by atoms with Crippen LogP contribution in [0, 0.1) is 11.7 Å². The summed E-state index contributed by atoms with van der Waals surface area (Å²) in [5.74, 6) is -1.50. The van der Waals surface area contributed by atoms with E-state index in [4.69, 9.17) is 0 Å². The van der Waals surface area contributed by atoms with Crippen molar-refractivity contribution in [3.8, 4) is 0 Å². The van der Waals surface area contributed by atoms with Crippen LogP contribution in [0.25, 0.3) is 0 Å². The average Bonchev–Trinajstić information content (AvgIpc) is 2.57. The van der Waals surface area contributed by atoms with Crippen molar-refractivity contribution < 1.29 is 18.7 Å². The van der Waals surface area contributed by atoms with E-state index in [0.717, 1.165) is 5.56 Å². The minimum atomic E-state index is -0.450. The molecular weight excluding hydrogens is 211 g/mol. The van der Waals surface area contributed by atoms with Gasteiger partial charge in [-0.05, 0) is 30.5 Å². The largest absolute Gasteiger partial charge is 0.393 e. The highest BCUT2D eigenvalue weighted by molar-refractivity contribution is 5.94. The lowest BCUT2D eigenvalue weighted by atomic mass is 9.98. The predicted octanol–water partition coefficient (Wildman–Crippen LogP) is 1.85. The van der Waals surface area contributed by atoms with E-state index < -0.39 is 11.9 Å². The van der Waals surface area contributed by atoms with E-state index in [1.165, 1.54) is 12.1 Å². The second-order valence-electron chi connectivity index (χ2n) is 3.86. The third-order valence-electron chi connectivity index (χ3n) is 2.66.